The molecule has 2 atom stereocenters. The number of rotatable bonds is 3. The number of piperidine rings is 1. The van der Waals surface area contributed by atoms with Crippen molar-refractivity contribution in [3.8, 4) is 0 Å². The molecule has 2 aliphatic rings. The maximum atomic E-state index is 13.0. The number of hydrogen-bond donors (Lipinski definition) is 2. The van der Waals surface area contributed by atoms with Crippen molar-refractivity contribution in [3.05, 3.63) is 77.9 Å². The number of hydrogen-bond acceptors (Lipinski definition) is 3. The predicted octanol–water partition coefficient (Wildman–Crippen LogP) is 3.81. The SMILES string of the molecule is NC(C(=O)N1CCC(C2C(=O)Nc3ccccc32)CC1)c1ccc2ccccc2c1. The van der Waals surface area contributed by atoms with E-state index in [2.05, 4.69) is 11.4 Å². The van der Waals surface area contributed by atoms with E-state index in [4.69, 9.17) is 5.73 Å². The van der Waals surface area contributed by atoms with Crippen LogP contribution in [0.2, 0.25) is 0 Å². The maximum absolute atomic E-state index is 13.0. The van der Waals surface area contributed by atoms with E-state index in [9.17, 15) is 9.59 Å². The number of nitrogens with two attached hydrogens (primary N) is 1. The van der Waals surface area contributed by atoms with Crippen LogP contribution in [0.4, 0.5) is 5.69 Å². The fourth-order valence-corrected chi connectivity index (χ4v) is 4.90. The molecular formula is C25H25N3O2. The fourth-order valence-electron chi connectivity index (χ4n) is 4.90. The molecule has 2 unspecified atom stereocenters. The molecule has 5 rings (SSSR count). The zero-order valence-electron chi connectivity index (χ0n) is 16.8. The van der Waals surface area contributed by atoms with Crippen molar-refractivity contribution in [2.75, 3.05) is 18.4 Å². The third-order valence-electron chi connectivity index (χ3n) is 6.56. The third-order valence-corrected chi connectivity index (χ3v) is 6.56. The standard InChI is InChI=1S/C25H25N3O2/c26-23(19-10-9-16-5-1-2-6-18(16)15-19)25(30)28-13-11-17(12-14-28)22-20-7-3-4-8-21(20)27-24(22)29/h1-10,15,17,22-23H,11-14,26H2,(H,27,29). The van der Waals surface area contributed by atoms with E-state index in [0.717, 1.165) is 40.4 Å². The second-order valence-electron chi connectivity index (χ2n) is 8.30. The molecule has 1 saturated heterocycles. The van der Waals surface area contributed by atoms with Crippen molar-refractivity contribution in [2.24, 2.45) is 11.7 Å². The first-order valence-corrected chi connectivity index (χ1v) is 10.5. The summed E-state index contributed by atoms with van der Waals surface area (Å²) in [5.41, 5.74) is 9.19. The Bertz CT molecular complexity index is 1120. The molecule has 0 saturated carbocycles. The van der Waals surface area contributed by atoms with Crippen LogP contribution in [0.1, 0.15) is 35.9 Å². The lowest BCUT2D eigenvalue weighted by Crippen LogP contribution is -2.44. The summed E-state index contributed by atoms with van der Waals surface area (Å²) >= 11 is 0. The molecule has 3 aromatic rings. The summed E-state index contributed by atoms with van der Waals surface area (Å²) in [6.45, 7) is 1.27. The molecule has 0 bridgehead atoms. The van der Waals surface area contributed by atoms with E-state index in [1.54, 1.807) is 0 Å². The van der Waals surface area contributed by atoms with E-state index in [0.29, 0.717) is 13.1 Å². The van der Waals surface area contributed by atoms with Crippen LogP contribution in [0.25, 0.3) is 10.8 Å². The lowest BCUT2D eigenvalue weighted by atomic mass is 9.80. The number of benzene rings is 3. The summed E-state index contributed by atoms with van der Waals surface area (Å²) in [6.07, 6.45) is 1.62. The van der Waals surface area contributed by atoms with Crippen LogP contribution in [0.3, 0.4) is 0 Å². The monoisotopic (exact) mass is 399 g/mol. The molecule has 2 amide bonds. The van der Waals surface area contributed by atoms with E-state index in [1.165, 1.54) is 0 Å². The van der Waals surface area contributed by atoms with Crippen molar-refractivity contribution in [1.82, 2.24) is 4.90 Å². The minimum absolute atomic E-state index is 0.0417. The normalized spacial score (nSPS) is 20.1. The first-order valence-electron chi connectivity index (χ1n) is 10.5. The van der Waals surface area contributed by atoms with Gasteiger partial charge in [-0.25, -0.2) is 0 Å². The summed E-state index contributed by atoms with van der Waals surface area (Å²) in [4.78, 5) is 27.4. The van der Waals surface area contributed by atoms with Gasteiger partial charge in [-0.15, -0.1) is 0 Å². The first-order chi connectivity index (χ1) is 14.6. The summed E-state index contributed by atoms with van der Waals surface area (Å²) in [6, 6.07) is 21.3. The zero-order chi connectivity index (χ0) is 20.7. The average Bonchev–Trinajstić information content (AvgIpc) is 3.13. The van der Waals surface area contributed by atoms with Gasteiger partial charge in [-0.3, -0.25) is 9.59 Å². The quantitative estimate of drug-likeness (QED) is 0.703. The van der Waals surface area contributed by atoms with Crippen molar-refractivity contribution in [1.29, 1.82) is 0 Å². The van der Waals surface area contributed by atoms with Crippen LogP contribution in [0.5, 0.6) is 0 Å². The Kier molecular flexibility index (Phi) is 4.75. The van der Waals surface area contributed by atoms with E-state index >= 15 is 0 Å². The smallest absolute Gasteiger partial charge is 0.244 e. The number of nitrogens with zero attached hydrogens (tertiary/aromatic N) is 1. The van der Waals surface area contributed by atoms with Gasteiger partial charge in [0.05, 0.1) is 5.92 Å². The number of para-hydroxylation sites is 1. The van der Waals surface area contributed by atoms with Gasteiger partial charge < -0.3 is 16.0 Å². The first kappa shape index (κ1) is 18.8. The number of likely N-dealkylation sites (tertiary alicyclic amines) is 1. The molecule has 1 fully saturated rings. The molecule has 152 valence electrons. The van der Waals surface area contributed by atoms with E-state index in [1.807, 2.05) is 65.6 Å². The Morgan fingerprint density at radius 2 is 1.67 bits per heavy atom. The van der Waals surface area contributed by atoms with Gasteiger partial charge in [-0.2, -0.15) is 0 Å². The number of carbonyl (C=O) groups is 2. The molecule has 5 nitrogen and oxygen atoms in total. The maximum Gasteiger partial charge on any atom is 0.244 e. The van der Waals surface area contributed by atoms with Crippen LogP contribution < -0.4 is 11.1 Å². The Balaban J connectivity index is 1.27. The number of anilines is 1. The van der Waals surface area contributed by atoms with Gasteiger partial charge >= 0.3 is 0 Å². The third kappa shape index (κ3) is 3.25. The van der Waals surface area contributed by atoms with Gasteiger partial charge in [0.15, 0.2) is 0 Å². The lowest BCUT2D eigenvalue weighted by molar-refractivity contribution is -0.134. The minimum atomic E-state index is -0.665. The molecule has 0 aromatic heterocycles. The number of fused-ring (bicyclic) bond motifs is 2. The van der Waals surface area contributed by atoms with Gasteiger partial charge in [0.25, 0.3) is 0 Å². The van der Waals surface area contributed by atoms with Crippen LogP contribution >= 0.6 is 0 Å². The molecule has 5 heteroatoms. The summed E-state index contributed by atoms with van der Waals surface area (Å²) in [5, 5.41) is 5.22. The Labute approximate surface area is 175 Å². The Hall–Kier alpha value is -3.18. The van der Waals surface area contributed by atoms with Crippen LogP contribution in [-0.2, 0) is 9.59 Å². The highest BCUT2D eigenvalue weighted by atomic mass is 16.2. The summed E-state index contributed by atoms with van der Waals surface area (Å²) in [7, 11) is 0. The van der Waals surface area contributed by atoms with Gasteiger partial charge in [-0.05, 0) is 52.8 Å². The second kappa shape index (κ2) is 7.58. The predicted molar refractivity (Wildman–Crippen MR) is 118 cm³/mol. The number of amides is 2. The molecule has 0 radical (unpaired) electrons. The van der Waals surface area contributed by atoms with Crippen LogP contribution in [0, 0.1) is 5.92 Å². The summed E-state index contributed by atoms with van der Waals surface area (Å²) in [5.74, 6) is 0.163. The number of nitrogens with one attached hydrogen (secondary N) is 1. The van der Waals surface area contributed by atoms with Crippen molar-refractivity contribution >= 4 is 28.3 Å². The molecule has 2 aliphatic heterocycles. The van der Waals surface area contributed by atoms with Gasteiger partial charge in [0.2, 0.25) is 11.8 Å². The molecule has 2 heterocycles. The van der Waals surface area contributed by atoms with E-state index < -0.39 is 6.04 Å². The zero-order valence-corrected chi connectivity index (χ0v) is 16.8. The lowest BCUT2D eigenvalue weighted by Gasteiger charge is -2.35. The largest absolute Gasteiger partial charge is 0.341 e. The average molecular weight is 399 g/mol. The van der Waals surface area contributed by atoms with Gasteiger partial charge in [0, 0.05) is 18.8 Å². The molecule has 3 N–H and O–H groups in total. The van der Waals surface area contributed by atoms with Crippen LogP contribution in [0.15, 0.2) is 66.7 Å². The fraction of sp³-hybridized carbons (Fsp3) is 0.280. The number of carbonyl (C=O) groups excluding carboxylic acids is 2. The second-order valence-corrected chi connectivity index (χ2v) is 8.30. The molecule has 0 aliphatic carbocycles. The minimum Gasteiger partial charge on any atom is -0.341 e. The van der Waals surface area contributed by atoms with Gasteiger partial charge in [0.1, 0.15) is 6.04 Å². The van der Waals surface area contributed by atoms with Crippen molar-refractivity contribution in [2.45, 2.75) is 24.8 Å². The molecule has 30 heavy (non-hydrogen) atoms. The van der Waals surface area contributed by atoms with Crippen LogP contribution in [-0.4, -0.2) is 29.8 Å². The highest BCUT2D eigenvalue weighted by Gasteiger charge is 2.39. The molecule has 0 spiro atoms. The highest BCUT2D eigenvalue weighted by Crippen LogP contribution is 2.41. The van der Waals surface area contributed by atoms with Gasteiger partial charge in [-0.1, -0.05) is 54.6 Å². The Morgan fingerprint density at radius 1 is 0.967 bits per heavy atom. The van der Waals surface area contributed by atoms with Crippen molar-refractivity contribution < 1.29 is 9.59 Å². The molecular weight excluding hydrogens is 374 g/mol. The van der Waals surface area contributed by atoms with E-state index in [-0.39, 0.29) is 23.7 Å². The van der Waals surface area contributed by atoms with Crippen molar-refractivity contribution in [3.63, 3.8) is 0 Å². The molecule has 3 aromatic carbocycles. The summed E-state index contributed by atoms with van der Waals surface area (Å²) < 4.78 is 0. The topological polar surface area (TPSA) is 75.4 Å². The Morgan fingerprint density at radius 3 is 2.47 bits per heavy atom. The highest BCUT2D eigenvalue weighted by molar-refractivity contribution is 6.03.